The fraction of sp³-hybridized carbons (Fsp3) is 0.200. The lowest BCUT2D eigenvalue weighted by molar-refractivity contribution is 0.0499. The molecule has 0 radical (unpaired) electrons. The van der Waals surface area contributed by atoms with E-state index in [0.29, 0.717) is 29.0 Å². The second-order valence-electron chi connectivity index (χ2n) is 7.29. The van der Waals surface area contributed by atoms with Crippen LogP contribution in [0.25, 0.3) is 0 Å². The molecule has 6 nitrogen and oxygen atoms in total. The number of unbranched alkanes of at least 4 members (excludes halogenated alkanes) is 1. The van der Waals surface area contributed by atoms with Gasteiger partial charge in [0.2, 0.25) is 0 Å². The van der Waals surface area contributed by atoms with Gasteiger partial charge < -0.3 is 10.1 Å². The zero-order valence-electron chi connectivity index (χ0n) is 17.8. The number of esters is 1. The van der Waals surface area contributed by atoms with Gasteiger partial charge in [-0.1, -0.05) is 43.7 Å². The molecule has 3 aromatic rings. The van der Waals surface area contributed by atoms with Gasteiger partial charge in [0, 0.05) is 11.3 Å². The Kier molecular flexibility index (Phi) is 7.78. The predicted octanol–water partition coefficient (Wildman–Crippen LogP) is 4.87. The van der Waals surface area contributed by atoms with Crippen molar-refractivity contribution in [2.75, 3.05) is 11.9 Å². The van der Waals surface area contributed by atoms with Gasteiger partial charge >= 0.3 is 5.97 Å². The van der Waals surface area contributed by atoms with Crippen LogP contribution >= 0.6 is 0 Å². The van der Waals surface area contributed by atoms with Crippen molar-refractivity contribution in [3.63, 3.8) is 0 Å². The third kappa shape index (κ3) is 6.28. The van der Waals surface area contributed by atoms with Crippen LogP contribution in [-0.4, -0.2) is 26.9 Å². The average Bonchev–Trinajstić information content (AvgIpc) is 2.80. The molecule has 0 spiro atoms. The molecule has 0 aliphatic rings. The lowest BCUT2D eigenvalue weighted by Crippen LogP contribution is -2.13. The Hall–Kier alpha value is -3.45. The zero-order valence-corrected chi connectivity index (χ0v) is 18.6. The van der Waals surface area contributed by atoms with Crippen LogP contribution in [0.5, 0.6) is 0 Å². The number of nitrogens with one attached hydrogen (secondary N) is 1. The van der Waals surface area contributed by atoms with E-state index in [1.165, 1.54) is 0 Å². The molecule has 0 aliphatic carbocycles. The Balaban J connectivity index is 1.65. The van der Waals surface area contributed by atoms with Gasteiger partial charge in [0.15, 0.2) is 9.84 Å². The molecular weight excluding hydrogens is 426 g/mol. The molecule has 0 bridgehead atoms. The Morgan fingerprint density at radius 3 is 2.28 bits per heavy atom. The van der Waals surface area contributed by atoms with E-state index in [2.05, 4.69) is 5.32 Å². The maximum Gasteiger partial charge on any atom is 0.338 e. The zero-order chi connectivity index (χ0) is 23.0. The predicted molar refractivity (Wildman–Crippen MR) is 123 cm³/mol. The lowest BCUT2D eigenvalue weighted by atomic mass is 10.1. The van der Waals surface area contributed by atoms with Crippen molar-refractivity contribution in [3.8, 4) is 0 Å². The second kappa shape index (κ2) is 10.7. The summed E-state index contributed by atoms with van der Waals surface area (Å²) in [5.41, 5.74) is 1.79. The summed E-state index contributed by atoms with van der Waals surface area (Å²) in [4.78, 5) is 24.9. The largest absolute Gasteiger partial charge is 0.462 e. The van der Waals surface area contributed by atoms with Crippen molar-refractivity contribution >= 4 is 27.4 Å². The fourth-order valence-corrected chi connectivity index (χ4v) is 4.38. The molecule has 1 amide bonds. The SMILES string of the molecule is CCCCOC(=O)c1ccc(NC(=O)c2cccc(CS(=O)(=O)c3ccccc3)c2)cc1. The number of rotatable bonds is 9. The Labute approximate surface area is 188 Å². The highest BCUT2D eigenvalue weighted by Crippen LogP contribution is 2.18. The number of sulfone groups is 1. The van der Waals surface area contributed by atoms with Crippen LogP contribution in [0.15, 0.2) is 83.8 Å². The van der Waals surface area contributed by atoms with Crippen LogP contribution in [0.2, 0.25) is 0 Å². The maximum atomic E-state index is 12.6. The molecule has 7 heteroatoms. The first-order valence-corrected chi connectivity index (χ1v) is 12.0. The molecule has 0 unspecified atom stereocenters. The van der Waals surface area contributed by atoms with Crippen molar-refractivity contribution in [2.24, 2.45) is 0 Å². The number of hydrogen-bond acceptors (Lipinski definition) is 5. The molecule has 0 atom stereocenters. The van der Waals surface area contributed by atoms with Gasteiger partial charge in [0.1, 0.15) is 0 Å². The average molecular weight is 452 g/mol. The van der Waals surface area contributed by atoms with Crippen molar-refractivity contribution in [3.05, 3.63) is 95.6 Å². The van der Waals surface area contributed by atoms with Gasteiger partial charge in [-0.05, 0) is 60.5 Å². The Morgan fingerprint density at radius 1 is 0.875 bits per heavy atom. The van der Waals surface area contributed by atoms with Crippen LogP contribution in [0.3, 0.4) is 0 Å². The second-order valence-corrected chi connectivity index (χ2v) is 9.28. The minimum atomic E-state index is -3.51. The van der Waals surface area contributed by atoms with E-state index in [-0.39, 0.29) is 16.6 Å². The van der Waals surface area contributed by atoms with Crippen LogP contribution in [0.1, 0.15) is 46.0 Å². The smallest absolute Gasteiger partial charge is 0.338 e. The van der Waals surface area contributed by atoms with Crippen molar-refractivity contribution < 1.29 is 22.7 Å². The molecule has 32 heavy (non-hydrogen) atoms. The molecule has 0 aromatic heterocycles. The van der Waals surface area contributed by atoms with Crippen LogP contribution in [0, 0.1) is 0 Å². The number of carbonyl (C=O) groups is 2. The van der Waals surface area contributed by atoms with Crippen molar-refractivity contribution in [1.82, 2.24) is 0 Å². The van der Waals surface area contributed by atoms with Gasteiger partial charge in [-0.2, -0.15) is 0 Å². The summed E-state index contributed by atoms with van der Waals surface area (Å²) < 4.78 is 30.4. The summed E-state index contributed by atoms with van der Waals surface area (Å²) in [7, 11) is -3.51. The maximum absolute atomic E-state index is 12.6. The molecule has 166 valence electrons. The third-order valence-electron chi connectivity index (χ3n) is 4.76. The van der Waals surface area contributed by atoms with Gasteiger partial charge in [0.05, 0.1) is 22.8 Å². The number of ether oxygens (including phenoxy) is 1. The quantitative estimate of drug-likeness (QED) is 0.370. The first-order valence-electron chi connectivity index (χ1n) is 10.3. The fourth-order valence-electron chi connectivity index (χ4n) is 3.02. The van der Waals surface area contributed by atoms with Crippen molar-refractivity contribution in [2.45, 2.75) is 30.4 Å². The van der Waals surface area contributed by atoms with Crippen LogP contribution in [-0.2, 0) is 20.3 Å². The molecule has 0 saturated heterocycles. The number of carbonyl (C=O) groups excluding carboxylic acids is 2. The molecular formula is C25H25NO5S. The topological polar surface area (TPSA) is 89.5 Å². The van der Waals surface area contributed by atoms with E-state index in [1.54, 1.807) is 78.9 Å². The summed E-state index contributed by atoms with van der Waals surface area (Å²) in [6, 6.07) is 21.1. The summed E-state index contributed by atoms with van der Waals surface area (Å²) in [5, 5.41) is 2.76. The minimum absolute atomic E-state index is 0.201. The number of amides is 1. The van der Waals surface area contributed by atoms with Crippen LogP contribution in [0.4, 0.5) is 5.69 Å². The highest BCUT2D eigenvalue weighted by atomic mass is 32.2. The summed E-state index contributed by atoms with van der Waals surface area (Å²) in [6.07, 6.45) is 1.75. The minimum Gasteiger partial charge on any atom is -0.462 e. The molecule has 0 heterocycles. The molecule has 0 fully saturated rings. The molecule has 3 rings (SSSR count). The van der Waals surface area contributed by atoms with Gasteiger partial charge in [-0.25, -0.2) is 13.2 Å². The van der Waals surface area contributed by atoms with E-state index >= 15 is 0 Å². The Morgan fingerprint density at radius 2 is 1.59 bits per heavy atom. The first kappa shape index (κ1) is 23.2. The van der Waals surface area contributed by atoms with Gasteiger partial charge in [0.25, 0.3) is 5.91 Å². The standard InChI is InChI=1S/C25H25NO5S/c1-2-3-16-31-25(28)20-12-14-22(15-13-20)26-24(27)21-9-7-8-19(17-21)18-32(29,30)23-10-5-4-6-11-23/h4-15,17H,2-3,16,18H2,1H3,(H,26,27). The number of benzene rings is 3. The van der Waals surface area contributed by atoms with E-state index in [9.17, 15) is 18.0 Å². The summed E-state index contributed by atoms with van der Waals surface area (Å²) in [6.45, 7) is 2.40. The highest BCUT2D eigenvalue weighted by molar-refractivity contribution is 7.90. The Bertz CT molecular complexity index is 1170. The number of hydrogen-bond donors (Lipinski definition) is 1. The van der Waals surface area contributed by atoms with Crippen LogP contribution < -0.4 is 5.32 Å². The van der Waals surface area contributed by atoms with E-state index < -0.39 is 15.8 Å². The van der Waals surface area contributed by atoms with Gasteiger partial charge in [-0.15, -0.1) is 0 Å². The molecule has 0 aliphatic heterocycles. The lowest BCUT2D eigenvalue weighted by Gasteiger charge is -2.09. The third-order valence-corrected chi connectivity index (χ3v) is 6.46. The molecule has 0 saturated carbocycles. The van der Waals surface area contributed by atoms with E-state index in [0.717, 1.165) is 12.8 Å². The summed E-state index contributed by atoms with van der Waals surface area (Å²) in [5.74, 6) is -0.974. The van der Waals surface area contributed by atoms with Crippen molar-refractivity contribution in [1.29, 1.82) is 0 Å². The normalized spacial score (nSPS) is 11.0. The van der Waals surface area contributed by atoms with Gasteiger partial charge in [-0.3, -0.25) is 4.79 Å². The summed E-state index contributed by atoms with van der Waals surface area (Å²) >= 11 is 0. The van der Waals surface area contributed by atoms with E-state index in [4.69, 9.17) is 4.74 Å². The van der Waals surface area contributed by atoms with E-state index in [1.807, 2.05) is 6.92 Å². The highest BCUT2D eigenvalue weighted by Gasteiger charge is 2.16. The monoisotopic (exact) mass is 451 g/mol. The molecule has 1 N–H and O–H groups in total. The first-order chi connectivity index (χ1) is 15.4. The molecule has 3 aromatic carbocycles. The number of anilines is 1.